The SMILES string of the molecule is CN=Cc1cc(F)cn(Cc2nccc(Cl)c2COc2cccc3c(-c4[nH]ncc4Cl)cc(C)nc23)c1=O. The highest BCUT2D eigenvalue weighted by Crippen LogP contribution is 2.35. The van der Waals surface area contributed by atoms with Gasteiger partial charge in [0.2, 0.25) is 0 Å². The molecule has 4 aromatic heterocycles. The molecule has 0 radical (unpaired) electrons. The van der Waals surface area contributed by atoms with E-state index in [9.17, 15) is 9.18 Å². The highest BCUT2D eigenvalue weighted by atomic mass is 35.5. The van der Waals surface area contributed by atoms with Gasteiger partial charge in [-0.1, -0.05) is 35.3 Å². The van der Waals surface area contributed by atoms with Crippen molar-refractivity contribution in [2.45, 2.75) is 20.1 Å². The molecule has 0 spiro atoms. The Balaban J connectivity index is 1.51. The second-order valence-electron chi connectivity index (χ2n) is 8.50. The van der Waals surface area contributed by atoms with Gasteiger partial charge in [0.25, 0.3) is 5.56 Å². The molecule has 0 saturated heterocycles. The number of aliphatic imine (C=N–C) groups is 1. The van der Waals surface area contributed by atoms with Gasteiger partial charge in [-0.3, -0.25) is 19.9 Å². The van der Waals surface area contributed by atoms with E-state index in [1.54, 1.807) is 12.3 Å². The number of aryl methyl sites for hydroxylation is 1. The van der Waals surface area contributed by atoms with Crippen molar-refractivity contribution in [2.24, 2.45) is 4.99 Å². The van der Waals surface area contributed by atoms with Crippen LogP contribution in [0.15, 0.2) is 64.8 Å². The summed E-state index contributed by atoms with van der Waals surface area (Å²) in [5.74, 6) is -0.0389. The standard InChI is InChI=1S/C27H21Cl2FN6O2/c1-15-8-19(25-22(29)11-33-35-25)18-4-3-5-24(26(18)34-15)38-14-20-21(28)6-7-32-23(20)13-36-12-17(30)9-16(10-31-2)27(36)37/h3-12H,13-14H2,1-2H3,(H,33,35). The molecule has 0 atom stereocenters. The van der Waals surface area contributed by atoms with Crippen LogP contribution in [0.2, 0.25) is 10.0 Å². The first kappa shape index (κ1) is 25.6. The largest absolute Gasteiger partial charge is 0.486 e. The molecule has 4 heterocycles. The van der Waals surface area contributed by atoms with Gasteiger partial charge in [0, 0.05) is 47.9 Å². The van der Waals surface area contributed by atoms with Crippen LogP contribution in [0.25, 0.3) is 22.2 Å². The summed E-state index contributed by atoms with van der Waals surface area (Å²) >= 11 is 12.9. The number of rotatable bonds is 7. The van der Waals surface area contributed by atoms with Gasteiger partial charge in [-0.05, 0) is 31.2 Å². The average Bonchev–Trinajstić information content (AvgIpc) is 3.31. The maximum atomic E-state index is 14.2. The second-order valence-corrected chi connectivity index (χ2v) is 9.31. The lowest BCUT2D eigenvalue weighted by Crippen LogP contribution is -2.25. The maximum Gasteiger partial charge on any atom is 0.259 e. The number of aromatic nitrogens is 5. The number of para-hydroxylation sites is 1. The molecule has 0 aliphatic rings. The Labute approximate surface area is 226 Å². The van der Waals surface area contributed by atoms with Crippen molar-refractivity contribution in [3.63, 3.8) is 0 Å². The van der Waals surface area contributed by atoms with Gasteiger partial charge in [0.05, 0.1) is 39.7 Å². The zero-order valence-corrected chi connectivity index (χ0v) is 21.9. The van der Waals surface area contributed by atoms with E-state index in [0.717, 1.165) is 28.9 Å². The molecule has 1 N–H and O–H groups in total. The molecule has 192 valence electrons. The van der Waals surface area contributed by atoms with E-state index in [4.69, 9.17) is 32.9 Å². The fraction of sp³-hybridized carbons (Fsp3) is 0.148. The van der Waals surface area contributed by atoms with Crippen LogP contribution in [-0.4, -0.2) is 38.0 Å². The number of halogens is 3. The minimum atomic E-state index is -0.565. The van der Waals surface area contributed by atoms with Gasteiger partial charge in [0.15, 0.2) is 0 Å². The monoisotopic (exact) mass is 550 g/mol. The molecule has 0 amide bonds. The summed E-state index contributed by atoms with van der Waals surface area (Å²) in [7, 11) is 1.51. The van der Waals surface area contributed by atoms with E-state index in [2.05, 4.69) is 20.2 Å². The Kier molecular flexibility index (Phi) is 7.22. The molecule has 0 unspecified atom stereocenters. The topological polar surface area (TPSA) is 98.1 Å². The van der Waals surface area contributed by atoms with Crippen molar-refractivity contribution in [1.82, 2.24) is 24.7 Å². The fourth-order valence-electron chi connectivity index (χ4n) is 4.21. The number of nitrogens with zero attached hydrogens (tertiary/aromatic N) is 5. The fourth-order valence-corrected chi connectivity index (χ4v) is 4.63. The number of benzene rings is 1. The van der Waals surface area contributed by atoms with Crippen LogP contribution in [0.1, 0.15) is 22.5 Å². The van der Waals surface area contributed by atoms with E-state index < -0.39 is 11.4 Å². The van der Waals surface area contributed by atoms with Crippen LogP contribution in [-0.2, 0) is 13.2 Å². The van der Waals surface area contributed by atoms with E-state index in [0.29, 0.717) is 38.3 Å². The second kappa shape index (κ2) is 10.7. The number of hydrogen-bond donors (Lipinski definition) is 1. The van der Waals surface area contributed by atoms with Crippen molar-refractivity contribution >= 4 is 40.3 Å². The zero-order chi connectivity index (χ0) is 26.8. The summed E-state index contributed by atoms with van der Waals surface area (Å²) in [6.07, 6.45) is 5.52. The normalized spacial score (nSPS) is 11.5. The Bertz CT molecular complexity index is 1750. The number of H-pyrrole nitrogens is 1. The van der Waals surface area contributed by atoms with Crippen molar-refractivity contribution in [1.29, 1.82) is 0 Å². The number of hydrogen-bond acceptors (Lipinski definition) is 6. The smallest absolute Gasteiger partial charge is 0.259 e. The number of aromatic amines is 1. The first-order valence-electron chi connectivity index (χ1n) is 11.5. The minimum absolute atomic E-state index is 0.00420. The molecule has 38 heavy (non-hydrogen) atoms. The molecular weight excluding hydrogens is 530 g/mol. The van der Waals surface area contributed by atoms with E-state index in [1.807, 2.05) is 31.2 Å². The van der Waals surface area contributed by atoms with Gasteiger partial charge in [-0.15, -0.1) is 0 Å². The van der Waals surface area contributed by atoms with Crippen LogP contribution in [0, 0.1) is 12.7 Å². The molecule has 5 aromatic rings. The van der Waals surface area contributed by atoms with Gasteiger partial charge < -0.3 is 9.30 Å². The number of ether oxygens (including phenoxy) is 1. The van der Waals surface area contributed by atoms with Gasteiger partial charge >= 0.3 is 0 Å². The first-order chi connectivity index (χ1) is 18.4. The minimum Gasteiger partial charge on any atom is -0.486 e. The molecule has 0 aliphatic heterocycles. The predicted octanol–water partition coefficient (Wildman–Crippen LogP) is 5.61. The van der Waals surface area contributed by atoms with Crippen LogP contribution in [0.4, 0.5) is 4.39 Å². The maximum absolute atomic E-state index is 14.2. The Morgan fingerprint density at radius 3 is 2.82 bits per heavy atom. The molecule has 0 bridgehead atoms. The molecular formula is C27H21Cl2FN6O2. The predicted molar refractivity (Wildman–Crippen MR) is 146 cm³/mol. The summed E-state index contributed by atoms with van der Waals surface area (Å²) in [5.41, 5.74) is 3.71. The summed E-state index contributed by atoms with van der Waals surface area (Å²) in [6, 6.07) is 10.3. The molecule has 0 fully saturated rings. The molecule has 0 aliphatic carbocycles. The third-order valence-electron chi connectivity index (χ3n) is 5.92. The van der Waals surface area contributed by atoms with Gasteiger partial charge in [-0.2, -0.15) is 5.10 Å². The van der Waals surface area contributed by atoms with Crippen LogP contribution in [0.3, 0.4) is 0 Å². The number of fused-ring (bicyclic) bond motifs is 1. The molecule has 8 nitrogen and oxygen atoms in total. The summed E-state index contributed by atoms with van der Waals surface area (Å²) < 4.78 is 21.7. The van der Waals surface area contributed by atoms with Crippen molar-refractivity contribution in [3.05, 3.63) is 104 Å². The summed E-state index contributed by atoms with van der Waals surface area (Å²) in [5, 5.41) is 8.70. The third kappa shape index (κ3) is 5.03. The van der Waals surface area contributed by atoms with Crippen LogP contribution in [0.5, 0.6) is 5.75 Å². The Morgan fingerprint density at radius 1 is 1.21 bits per heavy atom. The van der Waals surface area contributed by atoms with Crippen molar-refractivity contribution < 1.29 is 9.13 Å². The molecule has 0 saturated carbocycles. The van der Waals surface area contributed by atoms with E-state index in [-0.39, 0.29) is 18.7 Å². The molecule has 1 aromatic carbocycles. The first-order valence-corrected chi connectivity index (χ1v) is 12.3. The van der Waals surface area contributed by atoms with Gasteiger partial charge in [0.1, 0.15) is 23.7 Å². The lowest BCUT2D eigenvalue weighted by molar-refractivity contribution is 0.307. The Morgan fingerprint density at radius 2 is 2.05 bits per heavy atom. The van der Waals surface area contributed by atoms with E-state index >= 15 is 0 Å². The molecule has 11 heteroatoms. The highest BCUT2D eigenvalue weighted by Gasteiger charge is 2.17. The van der Waals surface area contributed by atoms with Crippen molar-refractivity contribution in [3.8, 4) is 17.0 Å². The summed E-state index contributed by atoms with van der Waals surface area (Å²) in [6.45, 7) is 1.92. The molecule has 5 rings (SSSR count). The van der Waals surface area contributed by atoms with E-state index in [1.165, 1.54) is 24.0 Å². The van der Waals surface area contributed by atoms with Crippen LogP contribution < -0.4 is 10.3 Å². The lowest BCUT2D eigenvalue weighted by atomic mass is 10.0. The number of pyridine rings is 3. The highest BCUT2D eigenvalue weighted by molar-refractivity contribution is 6.33. The van der Waals surface area contributed by atoms with Crippen LogP contribution >= 0.6 is 23.2 Å². The quantitative estimate of drug-likeness (QED) is 0.265. The third-order valence-corrected chi connectivity index (χ3v) is 6.56. The number of nitrogens with one attached hydrogen (secondary N) is 1. The van der Waals surface area contributed by atoms with Crippen molar-refractivity contribution in [2.75, 3.05) is 7.05 Å². The lowest BCUT2D eigenvalue weighted by Gasteiger charge is -2.15. The van der Waals surface area contributed by atoms with Gasteiger partial charge in [-0.25, -0.2) is 9.37 Å². The Hall–Kier alpha value is -4.08. The summed E-state index contributed by atoms with van der Waals surface area (Å²) in [4.78, 5) is 25.7. The average molecular weight is 551 g/mol. The zero-order valence-electron chi connectivity index (χ0n) is 20.4.